The Balaban J connectivity index is 0.000000463. The normalized spacial score (nSPS) is 10.5. The van der Waals surface area contributed by atoms with Gasteiger partial charge in [-0.1, -0.05) is 13.0 Å². The number of aromatic nitrogens is 4. The van der Waals surface area contributed by atoms with Gasteiger partial charge in [-0.25, -0.2) is 0 Å². The number of anilines is 1. The molecule has 0 radical (unpaired) electrons. The molecule has 5 aromatic rings. The lowest BCUT2D eigenvalue weighted by molar-refractivity contribution is -0.126. The Morgan fingerprint density at radius 3 is 2.39 bits per heavy atom. The third-order valence-corrected chi connectivity index (χ3v) is 6.91. The van der Waals surface area contributed by atoms with E-state index in [-0.39, 0.29) is 0 Å². The van der Waals surface area contributed by atoms with Crippen molar-refractivity contribution in [1.82, 2.24) is 19.7 Å². The quantitative estimate of drug-likeness (QED) is 0.115. The largest absolute Gasteiger partial charge is 0.471 e. The highest BCUT2D eigenvalue weighted by Gasteiger charge is 2.16. The van der Waals surface area contributed by atoms with Crippen LogP contribution in [0.1, 0.15) is 38.8 Å². The van der Waals surface area contributed by atoms with Crippen molar-refractivity contribution in [3.8, 4) is 35.4 Å². The minimum Gasteiger partial charge on any atom is -0.471 e. The molecule has 0 aliphatic rings. The molecule has 9 heteroatoms. The van der Waals surface area contributed by atoms with E-state index in [4.69, 9.17) is 15.6 Å². The fourth-order valence-corrected chi connectivity index (χ4v) is 5.06. The van der Waals surface area contributed by atoms with Crippen LogP contribution < -0.4 is 5.73 Å². The second-order valence-corrected chi connectivity index (χ2v) is 10.9. The van der Waals surface area contributed by atoms with Crippen molar-refractivity contribution < 1.29 is 14.6 Å². The molecule has 0 aliphatic heterocycles. The number of carbonyl (C=O) groups excluding carboxylic acids is 1. The summed E-state index contributed by atoms with van der Waals surface area (Å²) in [7, 11) is 3.26. The molecule has 0 bridgehead atoms. The Bertz CT molecular complexity index is 1640. The summed E-state index contributed by atoms with van der Waals surface area (Å²) in [6.07, 6.45) is 12.7. The first-order chi connectivity index (χ1) is 19.4. The fraction of sp³-hybridized carbons (Fsp3) is 0.281. The maximum absolute atomic E-state index is 8.95. The second kappa shape index (κ2) is 14.5. The van der Waals surface area contributed by atoms with Gasteiger partial charge in [-0.05, 0) is 91.5 Å². The van der Waals surface area contributed by atoms with E-state index in [0.717, 1.165) is 66.5 Å². The van der Waals surface area contributed by atoms with Crippen molar-refractivity contribution in [2.24, 2.45) is 7.05 Å². The van der Waals surface area contributed by atoms with Crippen molar-refractivity contribution in [2.75, 3.05) is 12.8 Å². The first-order valence-electron chi connectivity index (χ1n) is 12.9. The predicted octanol–water partition coefficient (Wildman–Crippen LogP) is 6.81. The monoisotopic (exact) mass is 619 g/mol. The molecular formula is C32H38BrN5O3. The summed E-state index contributed by atoms with van der Waals surface area (Å²) >= 11 is 3.79. The van der Waals surface area contributed by atoms with Gasteiger partial charge in [0.05, 0.1) is 41.3 Å². The van der Waals surface area contributed by atoms with E-state index >= 15 is 0 Å². The predicted molar refractivity (Wildman–Crippen MR) is 172 cm³/mol. The van der Waals surface area contributed by atoms with Crippen molar-refractivity contribution in [2.45, 2.75) is 46.6 Å². The summed E-state index contributed by atoms with van der Waals surface area (Å²) in [6.45, 7) is 9.84. The van der Waals surface area contributed by atoms with E-state index < -0.39 is 5.60 Å². The number of nitrogen functional groups attached to an aromatic ring is 1. The van der Waals surface area contributed by atoms with E-state index in [1.807, 2.05) is 30.2 Å². The van der Waals surface area contributed by atoms with Gasteiger partial charge in [0.15, 0.2) is 0 Å². The number of pyridine rings is 1. The van der Waals surface area contributed by atoms with Gasteiger partial charge in [0, 0.05) is 45.3 Å². The number of aryl methyl sites for hydroxylation is 1. The van der Waals surface area contributed by atoms with Crippen LogP contribution in [0.25, 0.3) is 44.3 Å². The molecule has 3 heterocycles. The maximum Gasteiger partial charge on any atom is 0.292 e. The lowest BCUT2D eigenvalue weighted by Crippen LogP contribution is -2.10. The molecule has 3 aromatic heterocycles. The molecule has 2 aromatic carbocycles. The lowest BCUT2D eigenvalue weighted by atomic mass is 10.0. The lowest BCUT2D eigenvalue weighted by Gasteiger charge is -2.11. The Labute approximate surface area is 250 Å². The zero-order valence-corrected chi connectivity index (χ0v) is 26.2. The van der Waals surface area contributed by atoms with Crippen molar-refractivity contribution in [3.05, 3.63) is 64.4 Å². The average Bonchev–Trinajstić information content (AvgIpc) is 3.57. The highest BCUT2D eigenvalue weighted by molar-refractivity contribution is 9.10. The van der Waals surface area contributed by atoms with E-state index in [1.165, 1.54) is 12.7 Å². The first kappa shape index (κ1) is 33.1. The van der Waals surface area contributed by atoms with Crippen LogP contribution in [0.4, 0.5) is 5.69 Å². The summed E-state index contributed by atoms with van der Waals surface area (Å²) in [5.41, 5.74) is 15.3. The van der Waals surface area contributed by atoms with Gasteiger partial charge in [-0.2, -0.15) is 5.10 Å². The number of hydrogen-bond donors (Lipinski definition) is 3. The minimum absolute atomic E-state index is 0.375. The van der Waals surface area contributed by atoms with E-state index in [2.05, 4.69) is 92.8 Å². The number of nitrogens with one attached hydrogen (secondary N) is 1. The highest BCUT2D eigenvalue weighted by Crippen LogP contribution is 2.38. The van der Waals surface area contributed by atoms with Gasteiger partial charge < -0.3 is 20.6 Å². The SMILES string of the molecule is C#C.CC(C)(C)O.CCc1c(C)c(N)c2[nH]c(-c3ccnc(-c4ccc5c(cnn5C)c4)c3)cc2c1Br.COC=O. The van der Waals surface area contributed by atoms with Crippen molar-refractivity contribution >= 4 is 49.9 Å². The molecule has 0 atom stereocenters. The molecule has 8 nitrogen and oxygen atoms in total. The zero-order chi connectivity index (χ0) is 30.9. The van der Waals surface area contributed by atoms with Gasteiger partial charge in [-0.15, -0.1) is 12.8 Å². The van der Waals surface area contributed by atoms with Crippen LogP contribution in [0.5, 0.6) is 0 Å². The Hall–Kier alpha value is -4.13. The summed E-state index contributed by atoms with van der Waals surface area (Å²) in [5, 5.41) is 15.1. The molecule has 0 aliphatic carbocycles. The third kappa shape index (κ3) is 8.19. The van der Waals surface area contributed by atoms with Crippen LogP contribution >= 0.6 is 15.9 Å². The second-order valence-electron chi connectivity index (χ2n) is 10.1. The number of fused-ring (bicyclic) bond motifs is 2. The number of carbonyl (C=O) groups is 1. The van der Waals surface area contributed by atoms with Crippen LogP contribution in [0.15, 0.2) is 53.3 Å². The number of methoxy groups -OCH3 is 1. The number of halogens is 1. The molecule has 0 saturated heterocycles. The molecule has 0 spiro atoms. The number of H-pyrrole nitrogens is 1. The Morgan fingerprint density at radius 2 is 1.80 bits per heavy atom. The standard InChI is InChI=1S/C24H22BrN5.C4H10O.C2H4O2.C2H2/c1-4-17-13(2)23(26)24-18(22(17)25)11-20(29-24)15-7-8-27-19(10-15)14-5-6-21-16(9-14)12-28-30(21)3;1-4(2,3)5;1-4-2-3;1-2/h5-12,29H,4,26H2,1-3H3;5H,1-3H3;2H,1H3;1-2H. The fourth-order valence-electron chi connectivity index (χ4n) is 4.17. The number of aliphatic hydroxyl groups is 1. The summed E-state index contributed by atoms with van der Waals surface area (Å²) < 4.78 is 6.85. The van der Waals surface area contributed by atoms with E-state index in [9.17, 15) is 0 Å². The van der Waals surface area contributed by atoms with Gasteiger partial charge in [-0.3, -0.25) is 14.5 Å². The number of terminal acetylenes is 1. The van der Waals surface area contributed by atoms with Crippen LogP contribution in [-0.4, -0.2) is 44.0 Å². The molecular weight excluding hydrogens is 582 g/mol. The minimum atomic E-state index is -0.500. The number of rotatable bonds is 4. The third-order valence-electron chi connectivity index (χ3n) is 6.01. The smallest absolute Gasteiger partial charge is 0.292 e. The average molecular weight is 621 g/mol. The Morgan fingerprint density at radius 1 is 1.17 bits per heavy atom. The van der Waals surface area contributed by atoms with Gasteiger partial charge >= 0.3 is 0 Å². The van der Waals surface area contributed by atoms with Crippen LogP contribution in [0.3, 0.4) is 0 Å². The number of nitrogens with two attached hydrogens (primary N) is 1. The highest BCUT2D eigenvalue weighted by atomic mass is 79.9. The van der Waals surface area contributed by atoms with Gasteiger partial charge in [0.1, 0.15) is 0 Å². The number of ether oxygens (including phenoxy) is 1. The Kier molecular flexibility index (Phi) is 11.7. The van der Waals surface area contributed by atoms with Crippen LogP contribution in [0, 0.1) is 19.8 Å². The molecule has 0 amide bonds. The number of nitrogens with zero attached hydrogens (tertiary/aromatic N) is 3. The number of aromatic amines is 1. The van der Waals surface area contributed by atoms with Crippen LogP contribution in [-0.2, 0) is 23.0 Å². The van der Waals surface area contributed by atoms with E-state index in [1.54, 1.807) is 20.8 Å². The summed E-state index contributed by atoms with van der Waals surface area (Å²) in [5.74, 6) is 0. The number of hydrogen-bond acceptors (Lipinski definition) is 6. The summed E-state index contributed by atoms with van der Waals surface area (Å²) in [4.78, 5) is 17.1. The molecule has 0 saturated carbocycles. The van der Waals surface area contributed by atoms with Crippen molar-refractivity contribution in [1.29, 1.82) is 0 Å². The maximum atomic E-state index is 8.95. The zero-order valence-electron chi connectivity index (χ0n) is 24.6. The van der Waals surface area contributed by atoms with Gasteiger partial charge in [0.25, 0.3) is 6.47 Å². The molecule has 0 fully saturated rings. The molecule has 216 valence electrons. The molecule has 5 rings (SSSR count). The molecule has 4 N–H and O–H groups in total. The van der Waals surface area contributed by atoms with E-state index in [0.29, 0.717) is 6.47 Å². The van der Waals surface area contributed by atoms with Gasteiger partial charge in [0.2, 0.25) is 0 Å². The van der Waals surface area contributed by atoms with Crippen molar-refractivity contribution in [3.63, 3.8) is 0 Å². The molecule has 0 unspecified atom stereocenters. The summed E-state index contributed by atoms with van der Waals surface area (Å²) in [6, 6.07) is 12.6. The topological polar surface area (TPSA) is 119 Å². The number of benzene rings is 2. The van der Waals surface area contributed by atoms with Crippen LogP contribution in [0.2, 0.25) is 0 Å². The first-order valence-corrected chi connectivity index (χ1v) is 13.7. The molecule has 41 heavy (non-hydrogen) atoms.